The summed E-state index contributed by atoms with van der Waals surface area (Å²) in [6.45, 7) is 3.92. The van der Waals surface area contributed by atoms with Crippen LogP contribution >= 0.6 is 0 Å². The van der Waals surface area contributed by atoms with Crippen molar-refractivity contribution < 1.29 is 13.2 Å². The Balaban J connectivity index is 1.76. The third kappa shape index (κ3) is 4.62. The quantitative estimate of drug-likeness (QED) is 0.803. The lowest BCUT2D eigenvalue weighted by atomic mass is 10.0. The molecule has 2 atom stereocenters. The van der Waals surface area contributed by atoms with Gasteiger partial charge in [0, 0.05) is 43.1 Å². The molecule has 1 amide bonds. The molecule has 2 unspecified atom stereocenters. The number of amides is 1. The van der Waals surface area contributed by atoms with Crippen molar-refractivity contribution in [2.45, 2.75) is 50.1 Å². The average Bonchev–Trinajstić information content (AvgIpc) is 2.68. The molecule has 29 heavy (non-hydrogen) atoms. The Morgan fingerprint density at radius 2 is 1.66 bits per heavy atom. The van der Waals surface area contributed by atoms with Crippen molar-refractivity contribution in [2.24, 2.45) is 0 Å². The largest absolute Gasteiger partial charge is 0.378 e. The molecule has 1 N–H and O–H groups in total. The number of carbonyl (C=O) groups excluding carboxylic acids is 1. The molecule has 0 spiro atoms. The first-order valence-corrected chi connectivity index (χ1v) is 11.4. The van der Waals surface area contributed by atoms with Gasteiger partial charge in [-0.25, -0.2) is 8.42 Å². The lowest BCUT2D eigenvalue weighted by molar-refractivity contribution is 0.102. The van der Waals surface area contributed by atoms with Crippen LogP contribution in [0.2, 0.25) is 0 Å². The van der Waals surface area contributed by atoms with E-state index in [1.54, 1.807) is 34.6 Å². The van der Waals surface area contributed by atoms with Crippen molar-refractivity contribution >= 4 is 27.3 Å². The number of hydrogen-bond donors (Lipinski definition) is 1. The van der Waals surface area contributed by atoms with Crippen LogP contribution < -0.4 is 10.2 Å². The molecule has 1 aliphatic heterocycles. The minimum atomic E-state index is -3.56. The van der Waals surface area contributed by atoms with Crippen LogP contribution in [0.4, 0.5) is 11.4 Å². The second-order valence-electron chi connectivity index (χ2n) is 7.89. The van der Waals surface area contributed by atoms with Crippen molar-refractivity contribution in [1.82, 2.24) is 4.31 Å². The molecule has 1 heterocycles. The maximum absolute atomic E-state index is 13.1. The average molecular weight is 416 g/mol. The highest BCUT2D eigenvalue weighted by Crippen LogP contribution is 2.30. The number of anilines is 2. The summed E-state index contributed by atoms with van der Waals surface area (Å²) in [6, 6.07) is 13.7. The van der Waals surface area contributed by atoms with Gasteiger partial charge in [-0.2, -0.15) is 4.31 Å². The van der Waals surface area contributed by atoms with Crippen LogP contribution in [0.25, 0.3) is 0 Å². The first-order valence-electron chi connectivity index (χ1n) is 9.92. The molecule has 1 aliphatic rings. The monoisotopic (exact) mass is 415 g/mol. The van der Waals surface area contributed by atoms with Crippen molar-refractivity contribution in [1.29, 1.82) is 0 Å². The Kier molecular flexibility index (Phi) is 6.29. The second kappa shape index (κ2) is 8.55. The highest BCUT2D eigenvalue weighted by Gasteiger charge is 2.35. The number of benzene rings is 2. The van der Waals surface area contributed by atoms with Crippen molar-refractivity contribution in [3.8, 4) is 0 Å². The van der Waals surface area contributed by atoms with Gasteiger partial charge in [0.15, 0.2) is 0 Å². The lowest BCUT2D eigenvalue weighted by Crippen LogP contribution is -2.47. The Bertz CT molecular complexity index is 961. The lowest BCUT2D eigenvalue weighted by Gasteiger charge is -2.37. The summed E-state index contributed by atoms with van der Waals surface area (Å²) >= 11 is 0. The maximum Gasteiger partial charge on any atom is 0.255 e. The van der Waals surface area contributed by atoms with E-state index in [0.29, 0.717) is 11.3 Å². The number of carbonyl (C=O) groups is 1. The molecule has 3 rings (SSSR count). The molecule has 0 saturated carbocycles. The summed E-state index contributed by atoms with van der Waals surface area (Å²) in [4.78, 5) is 14.7. The molecular formula is C22H29N3O3S. The fourth-order valence-electron chi connectivity index (χ4n) is 3.83. The van der Waals surface area contributed by atoms with E-state index in [1.807, 2.05) is 51.0 Å². The maximum atomic E-state index is 13.1. The van der Waals surface area contributed by atoms with Gasteiger partial charge < -0.3 is 10.2 Å². The number of sulfonamides is 1. The zero-order valence-electron chi connectivity index (χ0n) is 17.4. The minimum absolute atomic E-state index is 0.00731. The van der Waals surface area contributed by atoms with E-state index in [1.165, 1.54) is 0 Å². The molecule has 7 heteroatoms. The molecule has 0 aromatic heterocycles. The molecule has 156 valence electrons. The summed E-state index contributed by atoms with van der Waals surface area (Å²) < 4.78 is 27.8. The zero-order chi connectivity index (χ0) is 21.2. The van der Waals surface area contributed by atoms with Gasteiger partial charge in [0.25, 0.3) is 5.91 Å². The molecule has 1 fully saturated rings. The summed E-state index contributed by atoms with van der Waals surface area (Å²) in [5.74, 6) is -0.234. The van der Waals surface area contributed by atoms with Crippen LogP contribution in [0.15, 0.2) is 53.4 Å². The number of nitrogens with zero attached hydrogens (tertiary/aromatic N) is 2. The number of hydrogen-bond acceptors (Lipinski definition) is 4. The molecule has 0 radical (unpaired) electrons. The third-order valence-electron chi connectivity index (χ3n) is 5.42. The summed E-state index contributed by atoms with van der Waals surface area (Å²) in [6.07, 6.45) is 2.81. The van der Waals surface area contributed by atoms with Crippen LogP contribution in [0.1, 0.15) is 43.5 Å². The predicted molar refractivity (Wildman–Crippen MR) is 117 cm³/mol. The van der Waals surface area contributed by atoms with Gasteiger partial charge in [0.05, 0.1) is 4.90 Å². The highest BCUT2D eigenvalue weighted by molar-refractivity contribution is 7.89. The molecule has 1 saturated heterocycles. The Morgan fingerprint density at radius 3 is 2.24 bits per heavy atom. The van der Waals surface area contributed by atoms with Crippen molar-refractivity contribution in [2.75, 3.05) is 24.3 Å². The summed E-state index contributed by atoms with van der Waals surface area (Å²) in [7, 11) is 0.276. The predicted octanol–water partition coefficient (Wildman–Crippen LogP) is 3.96. The third-order valence-corrected chi connectivity index (χ3v) is 7.57. The molecule has 6 nitrogen and oxygen atoms in total. The van der Waals surface area contributed by atoms with Crippen LogP contribution in [-0.2, 0) is 10.0 Å². The fraction of sp³-hybridized carbons (Fsp3) is 0.409. The smallest absolute Gasteiger partial charge is 0.255 e. The summed E-state index contributed by atoms with van der Waals surface area (Å²) in [5, 5.41) is 2.83. The van der Waals surface area contributed by atoms with E-state index in [9.17, 15) is 13.2 Å². The molecular weight excluding hydrogens is 386 g/mol. The van der Waals surface area contributed by atoms with Gasteiger partial charge in [-0.1, -0.05) is 12.5 Å². The minimum Gasteiger partial charge on any atom is -0.378 e. The topological polar surface area (TPSA) is 69.7 Å². The SMILES string of the molecule is CC1CCCC(C)N1S(=O)(=O)c1ccc(NC(=O)c2cccc(N(C)C)c2)cc1. The number of nitrogens with one attached hydrogen (secondary N) is 1. The Morgan fingerprint density at radius 1 is 1.03 bits per heavy atom. The van der Waals surface area contributed by atoms with Crippen molar-refractivity contribution in [3.63, 3.8) is 0 Å². The molecule has 0 aliphatic carbocycles. The van der Waals surface area contributed by atoms with E-state index in [-0.39, 0.29) is 22.9 Å². The Labute approximate surface area is 173 Å². The van der Waals surface area contributed by atoms with Crippen LogP contribution in [0.5, 0.6) is 0 Å². The number of piperidine rings is 1. The van der Waals surface area contributed by atoms with Gasteiger partial charge in [0.1, 0.15) is 0 Å². The van der Waals surface area contributed by atoms with Gasteiger partial charge >= 0.3 is 0 Å². The van der Waals surface area contributed by atoms with Gasteiger partial charge in [0.2, 0.25) is 10.0 Å². The molecule has 0 bridgehead atoms. The van der Waals surface area contributed by atoms with E-state index >= 15 is 0 Å². The van der Waals surface area contributed by atoms with E-state index in [4.69, 9.17) is 0 Å². The van der Waals surface area contributed by atoms with E-state index in [0.717, 1.165) is 24.9 Å². The van der Waals surface area contributed by atoms with Crippen molar-refractivity contribution in [3.05, 3.63) is 54.1 Å². The fourth-order valence-corrected chi connectivity index (χ4v) is 5.71. The normalized spacial score (nSPS) is 20.3. The second-order valence-corrected chi connectivity index (χ2v) is 9.73. The number of rotatable bonds is 5. The van der Waals surface area contributed by atoms with E-state index in [2.05, 4.69) is 5.32 Å². The van der Waals surface area contributed by atoms with Crippen LogP contribution in [-0.4, -0.2) is 44.8 Å². The first-order chi connectivity index (χ1) is 13.7. The van der Waals surface area contributed by atoms with Gasteiger partial charge in [-0.3, -0.25) is 4.79 Å². The van der Waals surface area contributed by atoms with Crippen LogP contribution in [0, 0.1) is 0 Å². The van der Waals surface area contributed by atoms with Gasteiger partial charge in [-0.05, 0) is 69.2 Å². The zero-order valence-corrected chi connectivity index (χ0v) is 18.2. The Hall–Kier alpha value is -2.38. The van der Waals surface area contributed by atoms with Crippen LogP contribution in [0.3, 0.4) is 0 Å². The van der Waals surface area contributed by atoms with E-state index < -0.39 is 10.0 Å². The standard InChI is InChI=1S/C22H29N3O3S/c1-16-7-5-8-17(2)25(16)29(27,28)21-13-11-19(12-14-21)23-22(26)18-9-6-10-20(15-18)24(3)4/h6,9-17H,5,7-8H2,1-4H3,(H,23,26). The van der Waals surface area contributed by atoms with Gasteiger partial charge in [-0.15, -0.1) is 0 Å². The summed E-state index contributed by atoms with van der Waals surface area (Å²) in [5.41, 5.74) is 2.04. The molecule has 2 aromatic carbocycles. The first kappa shape index (κ1) is 21.3. The molecule has 2 aromatic rings. The highest BCUT2D eigenvalue weighted by atomic mass is 32.2.